The minimum absolute atomic E-state index is 0. The molecule has 0 unspecified atom stereocenters. The van der Waals surface area contributed by atoms with Gasteiger partial charge in [-0.25, -0.2) is 4.98 Å². The molecule has 0 aliphatic carbocycles. The van der Waals surface area contributed by atoms with Gasteiger partial charge in [0.25, 0.3) is 0 Å². The molecule has 1 aromatic heterocycles. The molecule has 0 saturated carbocycles. The van der Waals surface area contributed by atoms with Crippen molar-refractivity contribution in [2.24, 2.45) is 5.92 Å². The maximum absolute atomic E-state index is 12.5. The highest BCUT2D eigenvalue weighted by atomic mass is 35.5. The molecule has 3 nitrogen and oxygen atoms in total. The van der Waals surface area contributed by atoms with Crippen LogP contribution in [-0.4, -0.2) is 36.1 Å². The topological polar surface area (TPSA) is 28.2 Å². The van der Waals surface area contributed by atoms with Crippen LogP contribution >= 0.6 is 23.7 Å². The van der Waals surface area contributed by atoms with E-state index in [-0.39, 0.29) is 12.4 Å². The lowest BCUT2D eigenvalue weighted by Crippen LogP contribution is -2.36. The summed E-state index contributed by atoms with van der Waals surface area (Å²) in [6.45, 7) is 6.62. The molecule has 2 heterocycles. The van der Waals surface area contributed by atoms with Crippen LogP contribution in [0.4, 0.5) is 13.2 Å². The van der Waals surface area contributed by atoms with Gasteiger partial charge in [-0.05, 0) is 44.9 Å². The van der Waals surface area contributed by atoms with Gasteiger partial charge >= 0.3 is 6.18 Å². The van der Waals surface area contributed by atoms with Gasteiger partial charge in [0.2, 0.25) is 0 Å². The van der Waals surface area contributed by atoms with E-state index >= 15 is 0 Å². The second-order valence-corrected chi connectivity index (χ2v) is 6.27. The first-order valence-corrected chi connectivity index (χ1v) is 7.75. The number of piperidine rings is 1. The Hall–Kier alpha value is -0.370. The van der Waals surface area contributed by atoms with Crippen molar-refractivity contribution in [2.75, 3.05) is 26.2 Å². The zero-order valence-electron chi connectivity index (χ0n) is 11.9. The van der Waals surface area contributed by atoms with Crippen molar-refractivity contribution < 1.29 is 13.2 Å². The van der Waals surface area contributed by atoms with Crippen LogP contribution in [0.1, 0.15) is 29.7 Å². The third-order valence-electron chi connectivity index (χ3n) is 3.57. The molecule has 1 N–H and O–H groups in total. The van der Waals surface area contributed by atoms with Crippen molar-refractivity contribution in [3.8, 4) is 0 Å². The van der Waals surface area contributed by atoms with Crippen molar-refractivity contribution in [2.45, 2.75) is 32.5 Å². The van der Waals surface area contributed by atoms with Crippen molar-refractivity contribution in [3.05, 3.63) is 16.1 Å². The van der Waals surface area contributed by atoms with Crippen molar-refractivity contribution in [1.82, 2.24) is 15.2 Å². The predicted octanol–water partition coefficient (Wildman–Crippen LogP) is 3.41. The number of thiazole rings is 1. The van der Waals surface area contributed by atoms with Crippen LogP contribution in [0.3, 0.4) is 0 Å². The number of alkyl halides is 3. The highest BCUT2D eigenvalue weighted by molar-refractivity contribution is 7.11. The third-order valence-corrected chi connectivity index (χ3v) is 4.59. The Labute approximate surface area is 133 Å². The fourth-order valence-corrected chi connectivity index (χ4v) is 3.25. The number of hydrogen-bond acceptors (Lipinski definition) is 4. The van der Waals surface area contributed by atoms with Crippen molar-refractivity contribution in [3.63, 3.8) is 0 Å². The first kappa shape index (κ1) is 18.7. The van der Waals surface area contributed by atoms with Gasteiger partial charge in [0.1, 0.15) is 0 Å². The molecular weight excluding hydrogens is 323 g/mol. The maximum atomic E-state index is 12.5. The molecule has 1 fully saturated rings. The van der Waals surface area contributed by atoms with Crippen LogP contribution in [0.15, 0.2) is 6.20 Å². The summed E-state index contributed by atoms with van der Waals surface area (Å²) in [5.74, 6) is 0.693. The van der Waals surface area contributed by atoms with Crippen molar-refractivity contribution >= 4 is 23.7 Å². The molecule has 1 aliphatic heterocycles. The average Bonchev–Trinajstić information content (AvgIpc) is 2.86. The molecule has 8 heteroatoms. The minimum atomic E-state index is -4.32. The summed E-state index contributed by atoms with van der Waals surface area (Å²) in [4.78, 5) is 6.38. The summed E-state index contributed by atoms with van der Waals surface area (Å²) in [6.07, 6.45) is -0.740. The minimum Gasteiger partial charge on any atom is -0.317 e. The van der Waals surface area contributed by atoms with E-state index in [2.05, 4.69) is 22.1 Å². The zero-order valence-corrected chi connectivity index (χ0v) is 13.6. The number of aromatic nitrogens is 1. The number of rotatable bonds is 5. The fraction of sp³-hybridized carbons (Fsp3) is 0.769. The number of halogens is 4. The van der Waals surface area contributed by atoms with Gasteiger partial charge in [0.15, 0.2) is 5.01 Å². The summed E-state index contributed by atoms with van der Waals surface area (Å²) in [6, 6.07) is 0. The molecule has 21 heavy (non-hydrogen) atoms. The zero-order chi connectivity index (χ0) is 14.6. The summed E-state index contributed by atoms with van der Waals surface area (Å²) < 4.78 is 37.4. The smallest absolute Gasteiger partial charge is 0.317 e. The van der Waals surface area contributed by atoms with Gasteiger partial charge in [0, 0.05) is 17.6 Å². The lowest BCUT2D eigenvalue weighted by molar-refractivity contribution is -0.137. The van der Waals surface area contributed by atoms with Gasteiger partial charge in [-0.3, -0.25) is 4.90 Å². The fourth-order valence-electron chi connectivity index (χ4n) is 2.43. The Morgan fingerprint density at radius 1 is 1.38 bits per heavy atom. The van der Waals surface area contributed by atoms with E-state index in [1.54, 1.807) is 0 Å². The molecule has 0 radical (unpaired) electrons. The van der Waals surface area contributed by atoms with E-state index in [0.717, 1.165) is 50.4 Å². The lowest BCUT2D eigenvalue weighted by Gasteiger charge is -2.31. The molecule has 0 spiro atoms. The van der Waals surface area contributed by atoms with Crippen LogP contribution in [0, 0.1) is 5.92 Å². The third kappa shape index (κ3) is 5.73. The van der Waals surface area contributed by atoms with Gasteiger partial charge in [-0.2, -0.15) is 13.2 Å². The SMILES string of the molecule is CCNCC1CCN(Cc2cnc(C(F)(F)F)s2)CC1.Cl. The average molecular weight is 344 g/mol. The molecule has 1 aromatic rings. The molecule has 0 bridgehead atoms. The first-order valence-electron chi connectivity index (χ1n) is 6.94. The summed E-state index contributed by atoms with van der Waals surface area (Å²) in [5.41, 5.74) is 0. The number of likely N-dealkylation sites (tertiary alicyclic amines) is 1. The van der Waals surface area contributed by atoms with Crippen LogP contribution in [-0.2, 0) is 12.7 Å². The standard InChI is InChI=1S/C13H20F3N3S.ClH/c1-2-17-7-10-3-5-19(6-4-10)9-11-8-18-12(20-11)13(14,15)16;/h8,10,17H,2-7,9H2,1H3;1H. The lowest BCUT2D eigenvalue weighted by atomic mass is 9.97. The molecule has 1 saturated heterocycles. The molecule has 0 aromatic carbocycles. The Morgan fingerprint density at radius 2 is 2.05 bits per heavy atom. The summed E-state index contributed by atoms with van der Waals surface area (Å²) in [5, 5.41) is 2.61. The Kier molecular flexibility index (Phi) is 7.39. The van der Waals surface area contributed by atoms with Gasteiger partial charge in [-0.15, -0.1) is 23.7 Å². The van der Waals surface area contributed by atoms with Crippen LogP contribution in [0.2, 0.25) is 0 Å². The van der Waals surface area contributed by atoms with Gasteiger partial charge < -0.3 is 5.32 Å². The van der Waals surface area contributed by atoms with Gasteiger partial charge in [0.05, 0.1) is 0 Å². The molecule has 122 valence electrons. The monoisotopic (exact) mass is 343 g/mol. The number of nitrogens with zero attached hydrogens (tertiary/aromatic N) is 2. The van der Waals surface area contributed by atoms with E-state index in [1.165, 1.54) is 6.20 Å². The first-order chi connectivity index (χ1) is 9.49. The van der Waals surface area contributed by atoms with Crippen LogP contribution < -0.4 is 5.32 Å². The van der Waals surface area contributed by atoms with E-state index in [9.17, 15) is 13.2 Å². The second-order valence-electron chi connectivity index (χ2n) is 5.16. The quantitative estimate of drug-likeness (QED) is 0.888. The highest BCUT2D eigenvalue weighted by Gasteiger charge is 2.34. The van der Waals surface area contributed by atoms with E-state index in [1.807, 2.05) is 0 Å². The highest BCUT2D eigenvalue weighted by Crippen LogP contribution is 2.33. The Bertz CT molecular complexity index is 417. The van der Waals surface area contributed by atoms with E-state index < -0.39 is 11.2 Å². The maximum Gasteiger partial charge on any atom is 0.443 e. The predicted molar refractivity (Wildman–Crippen MR) is 80.9 cm³/mol. The van der Waals surface area contributed by atoms with Gasteiger partial charge in [-0.1, -0.05) is 6.92 Å². The molecule has 0 amide bonds. The van der Waals surface area contributed by atoms with Crippen molar-refractivity contribution in [1.29, 1.82) is 0 Å². The molecule has 0 atom stereocenters. The van der Waals surface area contributed by atoms with Crippen LogP contribution in [0.25, 0.3) is 0 Å². The molecular formula is C13H21ClF3N3S. The number of hydrogen-bond donors (Lipinski definition) is 1. The largest absolute Gasteiger partial charge is 0.443 e. The Balaban J connectivity index is 0.00000220. The van der Waals surface area contributed by atoms with E-state index in [4.69, 9.17) is 0 Å². The second kappa shape index (κ2) is 8.31. The molecule has 2 rings (SSSR count). The van der Waals surface area contributed by atoms with E-state index in [0.29, 0.717) is 17.3 Å². The number of nitrogens with one attached hydrogen (secondary N) is 1. The summed E-state index contributed by atoms with van der Waals surface area (Å²) >= 11 is 0.758. The van der Waals surface area contributed by atoms with Crippen LogP contribution in [0.5, 0.6) is 0 Å². The molecule has 1 aliphatic rings. The Morgan fingerprint density at radius 3 is 2.57 bits per heavy atom. The normalized spacial score (nSPS) is 17.7. The summed E-state index contributed by atoms with van der Waals surface area (Å²) in [7, 11) is 0.